The summed E-state index contributed by atoms with van der Waals surface area (Å²) >= 11 is 0.763. The third kappa shape index (κ3) is 5.96. The molecular formula is C26H20N2O6S. The fourth-order valence-electron chi connectivity index (χ4n) is 3.18. The maximum absolute atomic E-state index is 12.7. The molecule has 0 radical (unpaired) electrons. The molecule has 1 aliphatic rings. The second-order valence-corrected chi connectivity index (χ2v) is 8.36. The number of esters is 1. The first-order valence-corrected chi connectivity index (χ1v) is 11.3. The predicted molar refractivity (Wildman–Crippen MR) is 132 cm³/mol. The molecule has 1 saturated heterocycles. The molecule has 8 nitrogen and oxygen atoms in total. The summed E-state index contributed by atoms with van der Waals surface area (Å²) in [5, 5.41) is 2.13. The van der Waals surface area contributed by atoms with Crippen LogP contribution in [0, 0.1) is 0 Å². The Hall–Kier alpha value is -4.37. The van der Waals surface area contributed by atoms with E-state index in [0.29, 0.717) is 28.3 Å². The summed E-state index contributed by atoms with van der Waals surface area (Å²) in [6.07, 6.45) is 1.55. The molecule has 1 heterocycles. The number of thioether (sulfide) groups is 1. The molecule has 9 heteroatoms. The standard InChI is InChI=1S/C26H20N2O6S/c1-33-20-13-9-18(10-14-20)25(31)34-21-11-7-17(8-12-21)15-22-24(30)28(26(32)35-22)16-23(29)27-19-5-3-2-4-6-19/h2-15H,16H2,1H3,(H,27,29)/b22-15+. The number of nitrogens with zero attached hydrogens (tertiary/aromatic N) is 1. The molecule has 0 unspecified atom stereocenters. The number of carbonyl (C=O) groups excluding carboxylic acids is 4. The van der Waals surface area contributed by atoms with E-state index in [2.05, 4.69) is 5.32 Å². The zero-order valence-corrected chi connectivity index (χ0v) is 19.4. The van der Waals surface area contributed by atoms with E-state index in [1.165, 1.54) is 7.11 Å². The van der Waals surface area contributed by atoms with Crippen LogP contribution in [0.4, 0.5) is 10.5 Å². The van der Waals surface area contributed by atoms with E-state index in [-0.39, 0.29) is 11.4 Å². The number of amides is 3. The van der Waals surface area contributed by atoms with Crippen LogP contribution in [0.3, 0.4) is 0 Å². The molecule has 35 heavy (non-hydrogen) atoms. The largest absolute Gasteiger partial charge is 0.497 e. The van der Waals surface area contributed by atoms with Crippen molar-refractivity contribution in [3.05, 3.63) is 94.9 Å². The molecule has 1 fully saturated rings. The number of rotatable bonds is 7. The predicted octanol–water partition coefficient (Wildman–Crippen LogP) is 4.59. The van der Waals surface area contributed by atoms with E-state index in [1.807, 2.05) is 6.07 Å². The van der Waals surface area contributed by atoms with Crippen molar-refractivity contribution in [2.24, 2.45) is 0 Å². The number of benzene rings is 3. The summed E-state index contributed by atoms with van der Waals surface area (Å²) < 4.78 is 10.4. The molecule has 3 amide bonds. The Kier molecular flexibility index (Phi) is 7.27. The van der Waals surface area contributed by atoms with Gasteiger partial charge >= 0.3 is 5.97 Å². The zero-order valence-electron chi connectivity index (χ0n) is 18.6. The molecule has 0 aliphatic carbocycles. The fraction of sp³-hybridized carbons (Fsp3) is 0.0769. The van der Waals surface area contributed by atoms with Crippen molar-refractivity contribution in [2.75, 3.05) is 19.0 Å². The van der Waals surface area contributed by atoms with E-state index < -0.39 is 23.0 Å². The highest BCUT2D eigenvalue weighted by Crippen LogP contribution is 2.32. The van der Waals surface area contributed by atoms with Gasteiger partial charge in [-0.1, -0.05) is 30.3 Å². The normalized spacial score (nSPS) is 14.2. The Bertz CT molecular complexity index is 1290. The summed E-state index contributed by atoms with van der Waals surface area (Å²) in [4.78, 5) is 50.6. The van der Waals surface area contributed by atoms with Crippen LogP contribution in [-0.4, -0.2) is 41.6 Å². The van der Waals surface area contributed by atoms with Crippen molar-refractivity contribution in [1.29, 1.82) is 0 Å². The number of hydrogen-bond donors (Lipinski definition) is 1. The van der Waals surface area contributed by atoms with Crippen LogP contribution in [0.2, 0.25) is 0 Å². The quantitative estimate of drug-likeness (QED) is 0.295. The van der Waals surface area contributed by atoms with Crippen LogP contribution >= 0.6 is 11.8 Å². The highest BCUT2D eigenvalue weighted by molar-refractivity contribution is 8.18. The fourth-order valence-corrected chi connectivity index (χ4v) is 4.02. The van der Waals surface area contributed by atoms with Gasteiger partial charge in [0.15, 0.2) is 0 Å². The van der Waals surface area contributed by atoms with Gasteiger partial charge in [-0.3, -0.25) is 19.3 Å². The maximum atomic E-state index is 12.7. The van der Waals surface area contributed by atoms with E-state index in [1.54, 1.807) is 78.9 Å². The summed E-state index contributed by atoms with van der Waals surface area (Å²) in [7, 11) is 1.54. The molecule has 1 N–H and O–H groups in total. The highest BCUT2D eigenvalue weighted by Gasteiger charge is 2.36. The molecular weight excluding hydrogens is 468 g/mol. The van der Waals surface area contributed by atoms with Gasteiger partial charge in [0.05, 0.1) is 17.6 Å². The number of carbonyl (C=O) groups is 4. The van der Waals surface area contributed by atoms with Crippen LogP contribution in [0.25, 0.3) is 6.08 Å². The van der Waals surface area contributed by atoms with Gasteiger partial charge in [0.2, 0.25) is 5.91 Å². The van der Waals surface area contributed by atoms with Gasteiger partial charge in [-0.2, -0.15) is 0 Å². The number of anilines is 1. The molecule has 176 valence electrons. The molecule has 3 aromatic carbocycles. The van der Waals surface area contributed by atoms with Crippen molar-refractivity contribution >= 4 is 46.5 Å². The second kappa shape index (κ2) is 10.7. The van der Waals surface area contributed by atoms with Gasteiger partial charge in [0.1, 0.15) is 18.0 Å². The van der Waals surface area contributed by atoms with Crippen LogP contribution < -0.4 is 14.8 Å². The lowest BCUT2D eigenvalue weighted by Crippen LogP contribution is -2.36. The van der Waals surface area contributed by atoms with Crippen LogP contribution in [-0.2, 0) is 9.59 Å². The van der Waals surface area contributed by atoms with Gasteiger partial charge in [-0.25, -0.2) is 4.79 Å². The van der Waals surface area contributed by atoms with Crippen molar-refractivity contribution in [3.8, 4) is 11.5 Å². The van der Waals surface area contributed by atoms with Gasteiger partial charge in [0.25, 0.3) is 11.1 Å². The lowest BCUT2D eigenvalue weighted by molar-refractivity contribution is -0.127. The topological polar surface area (TPSA) is 102 Å². The maximum Gasteiger partial charge on any atom is 0.343 e. The molecule has 0 atom stereocenters. The minimum atomic E-state index is -0.543. The second-order valence-electron chi connectivity index (χ2n) is 7.37. The average molecular weight is 489 g/mol. The first-order chi connectivity index (χ1) is 16.9. The summed E-state index contributed by atoms with van der Waals surface area (Å²) in [5.74, 6) is -0.572. The molecule has 4 rings (SSSR count). The van der Waals surface area contributed by atoms with Gasteiger partial charge < -0.3 is 14.8 Å². The van der Waals surface area contributed by atoms with Crippen molar-refractivity contribution < 1.29 is 28.7 Å². The SMILES string of the molecule is COc1ccc(C(=O)Oc2ccc(/C=C3/SC(=O)N(CC(=O)Nc4ccccc4)C3=O)cc2)cc1. The Balaban J connectivity index is 1.37. The van der Waals surface area contributed by atoms with E-state index in [0.717, 1.165) is 16.7 Å². The number of para-hydroxylation sites is 1. The van der Waals surface area contributed by atoms with Crippen LogP contribution in [0.5, 0.6) is 11.5 Å². The van der Waals surface area contributed by atoms with Crippen LogP contribution in [0.1, 0.15) is 15.9 Å². The van der Waals surface area contributed by atoms with Crippen LogP contribution in [0.15, 0.2) is 83.8 Å². The minimum absolute atomic E-state index is 0.200. The molecule has 1 aliphatic heterocycles. The summed E-state index contributed by atoms with van der Waals surface area (Å²) in [6.45, 7) is -0.378. The molecule has 0 aromatic heterocycles. The third-order valence-electron chi connectivity index (χ3n) is 4.95. The first-order valence-electron chi connectivity index (χ1n) is 10.5. The third-order valence-corrected chi connectivity index (χ3v) is 5.85. The van der Waals surface area contributed by atoms with Gasteiger partial charge in [-0.15, -0.1) is 0 Å². The zero-order chi connectivity index (χ0) is 24.8. The van der Waals surface area contributed by atoms with Crippen molar-refractivity contribution in [2.45, 2.75) is 0 Å². The average Bonchev–Trinajstić information content (AvgIpc) is 3.13. The van der Waals surface area contributed by atoms with E-state index in [4.69, 9.17) is 9.47 Å². The number of hydrogen-bond acceptors (Lipinski definition) is 7. The minimum Gasteiger partial charge on any atom is -0.497 e. The number of methoxy groups -OCH3 is 1. The van der Waals surface area contributed by atoms with Gasteiger partial charge in [0, 0.05) is 5.69 Å². The first kappa shape index (κ1) is 23.8. The van der Waals surface area contributed by atoms with Crippen molar-refractivity contribution in [1.82, 2.24) is 4.90 Å². The van der Waals surface area contributed by atoms with E-state index >= 15 is 0 Å². The number of imide groups is 1. The van der Waals surface area contributed by atoms with Gasteiger partial charge in [-0.05, 0) is 71.9 Å². The highest BCUT2D eigenvalue weighted by atomic mass is 32.2. The Labute approximate surface area is 205 Å². The molecule has 0 spiro atoms. The summed E-state index contributed by atoms with van der Waals surface area (Å²) in [6, 6.07) is 21.8. The smallest absolute Gasteiger partial charge is 0.343 e. The van der Waals surface area contributed by atoms with E-state index in [9.17, 15) is 19.2 Å². The number of nitrogens with one attached hydrogen (secondary N) is 1. The monoisotopic (exact) mass is 488 g/mol. The summed E-state index contributed by atoms with van der Waals surface area (Å²) in [5.41, 5.74) is 1.58. The Morgan fingerprint density at radius 1 is 0.914 bits per heavy atom. The molecule has 0 bridgehead atoms. The lowest BCUT2D eigenvalue weighted by atomic mass is 10.2. The molecule has 3 aromatic rings. The molecule has 0 saturated carbocycles. The van der Waals surface area contributed by atoms with Crippen molar-refractivity contribution in [3.63, 3.8) is 0 Å². The Morgan fingerprint density at radius 3 is 2.23 bits per heavy atom. The Morgan fingerprint density at radius 2 is 1.57 bits per heavy atom. The number of ether oxygens (including phenoxy) is 2. The lowest BCUT2D eigenvalue weighted by Gasteiger charge is -2.12.